The molecule has 0 bridgehead atoms. The van der Waals surface area contributed by atoms with Gasteiger partial charge in [-0.2, -0.15) is 0 Å². The van der Waals surface area contributed by atoms with Gasteiger partial charge in [0, 0.05) is 6.04 Å². The first kappa shape index (κ1) is 15.0. The van der Waals surface area contributed by atoms with Crippen molar-refractivity contribution < 1.29 is 0 Å². The van der Waals surface area contributed by atoms with Crippen LogP contribution in [0.4, 0.5) is 0 Å². The molecule has 0 amide bonds. The molecule has 1 heterocycles. The van der Waals surface area contributed by atoms with Gasteiger partial charge in [0.15, 0.2) is 0 Å². The summed E-state index contributed by atoms with van der Waals surface area (Å²) in [6, 6.07) is 0.857. The van der Waals surface area contributed by atoms with E-state index in [1.807, 2.05) is 0 Å². The van der Waals surface area contributed by atoms with E-state index in [0.717, 1.165) is 12.0 Å². The maximum absolute atomic E-state index is 2.76. The number of hydrogen-bond acceptors (Lipinski definition) is 2. The summed E-state index contributed by atoms with van der Waals surface area (Å²) in [6.45, 7) is 12.2. The molecule has 0 spiro atoms. The molecule has 0 N–H and O–H groups in total. The molecular weight excluding hydrogens is 208 g/mol. The minimum atomic E-state index is 0.857. The number of rotatable bonds is 7. The Labute approximate surface area is 108 Å². The third-order valence-electron chi connectivity index (χ3n) is 4.32. The molecule has 1 aliphatic rings. The van der Waals surface area contributed by atoms with E-state index < -0.39 is 0 Å². The molecule has 2 heteroatoms. The zero-order chi connectivity index (χ0) is 12.7. The quantitative estimate of drug-likeness (QED) is 0.674. The van der Waals surface area contributed by atoms with Gasteiger partial charge in [0.05, 0.1) is 0 Å². The number of hydrogen-bond donors (Lipinski definition) is 0. The van der Waals surface area contributed by atoms with Crippen molar-refractivity contribution >= 4 is 0 Å². The molecule has 102 valence electrons. The topological polar surface area (TPSA) is 6.48 Å². The van der Waals surface area contributed by atoms with Crippen LogP contribution in [-0.2, 0) is 0 Å². The summed E-state index contributed by atoms with van der Waals surface area (Å²) in [7, 11) is 2.25. The molecule has 1 saturated heterocycles. The van der Waals surface area contributed by atoms with Gasteiger partial charge in [-0.15, -0.1) is 0 Å². The Hall–Kier alpha value is -0.0800. The average Bonchev–Trinajstić information content (AvgIpc) is 2.35. The second-order valence-electron chi connectivity index (χ2n) is 5.87. The van der Waals surface area contributed by atoms with Crippen molar-refractivity contribution in [1.29, 1.82) is 0 Å². The van der Waals surface area contributed by atoms with Crippen LogP contribution in [0.3, 0.4) is 0 Å². The first-order valence-electron chi connectivity index (χ1n) is 7.59. The van der Waals surface area contributed by atoms with E-state index in [4.69, 9.17) is 0 Å². The Kier molecular flexibility index (Phi) is 7.14. The van der Waals surface area contributed by atoms with Gasteiger partial charge in [-0.05, 0) is 64.8 Å². The highest BCUT2D eigenvalue weighted by molar-refractivity contribution is 4.78. The van der Waals surface area contributed by atoms with Crippen molar-refractivity contribution in [2.45, 2.75) is 58.9 Å². The predicted octanol–water partition coefficient (Wildman–Crippen LogP) is 3.23. The standard InChI is InChI=1S/C15H32N2/c1-5-10-17(13-7-14(3)6-2)15-8-11-16(4)12-9-15/h14-15H,5-13H2,1-4H3. The molecule has 0 aromatic heterocycles. The van der Waals surface area contributed by atoms with Crippen LogP contribution in [0.2, 0.25) is 0 Å². The van der Waals surface area contributed by atoms with E-state index in [1.54, 1.807) is 0 Å². The SMILES string of the molecule is CCCN(CCC(C)CC)C1CCN(C)CC1. The molecule has 2 nitrogen and oxygen atoms in total. The fourth-order valence-electron chi connectivity index (χ4n) is 2.71. The van der Waals surface area contributed by atoms with Crippen molar-refractivity contribution in [3.63, 3.8) is 0 Å². The molecule has 1 fully saturated rings. The third kappa shape index (κ3) is 5.39. The Morgan fingerprint density at radius 1 is 1.18 bits per heavy atom. The highest BCUT2D eigenvalue weighted by Gasteiger charge is 2.22. The molecule has 0 aliphatic carbocycles. The molecule has 0 radical (unpaired) electrons. The first-order chi connectivity index (χ1) is 8.17. The van der Waals surface area contributed by atoms with Gasteiger partial charge in [0.25, 0.3) is 0 Å². The summed E-state index contributed by atoms with van der Waals surface area (Å²) in [5.74, 6) is 0.889. The highest BCUT2D eigenvalue weighted by Crippen LogP contribution is 2.18. The summed E-state index contributed by atoms with van der Waals surface area (Å²) in [5, 5.41) is 0. The summed E-state index contributed by atoms with van der Waals surface area (Å²) in [5.41, 5.74) is 0. The Morgan fingerprint density at radius 2 is 1.82 bits per heavy atom. The maximum Gasteiger partial charge on any atom is 0.0120 e. The maximum atomic E-state index is 2.76. The van der Waals surface area contributed by atoms with Crippen LogP contribution in [0.25, 0.3) is 0 Å². The fourth-order valence-corrected chi connectivity index (χ4v) is 2.71. The largest absolute Gasteiger partial charge is 0.306 e. The van der Waals surface area contributed by atoms with E-state index in [2.05, 4.69) is 37.6 Å². The van der Waals surface area contributed by atoms with Crippen molar-refractivity contribution in [1.82, 2.24) is 9.80 Å². The lowest BCUT2D eigenvalue weighted by Crippen LogP contribution is -2.44. The summed E-state index contributed by atoms with van der Waals surface area (Å²) in [6.07, 6.45) is 6.75. The molecule has 1 rings (SSSR count). The minimum absolute atomic E-state index is 0.857. The molecule has 1 aliphatic heterocycles. The molecule has 0 aromatic rings. The highest BCUT2D eigenvalue weighted by atomic mass is 15.2. The first-order valence-corrected chi connectivity index (χ1v) is 7.59. The van der Waals surface area contributed by atoms with E-state index in [0.29, 0.717) is 0 Å². The monoisotopic (exact) mass is 240 g/mol. The molecule has 1 unspecified atom stereocenters. The van der Waals surface area contributed by atoms with E-state index in [9.17, 15) is 0 Å². The van der Waals surface area contributed by atoms with Crippen molar-refractivity contribution in [2.24, 2.45) is 5.92 Å². The Balaban J connectivity index is 2.36. The van der Waals surface area contributed by atoms with Crippen LogP contribution in [0.15, 0.2) is 0 Å². The van der Waals surface area contributed by atoms with Crippen LogP contribution in [-0.4, -0.2) is 49.1 Å². The number of nitrogens with zero attached hydrogens (tertiary/aromatic N) is 2. The van der Waals surface area contributed by atoms with E-state index >= 15 is 0 Å². The molecule has 0 saturated carbocycles. The number of likely N-dealkylation sites (tertiary alicyclic amines) is 1. The lowest BCUT2D eigenvalue weighted by atomic mass is 10.0. The zero-order valence-corrected chi connectivity index (χ0v) is 12.4. The van der Waals surface area contributed by atoms with E-state index in [1.165, 1.54) is 58.3 Å². The average molecular weight is 240 g/mol. The van der Waals surface area contributed by atoms with Gasteiger partial charge in [0.2, 0.25) is 0 Å². The van der Waals surface area contributed by atoms with Crippen molar-refractivity contribution in [3.8, 4) is 0 Å². The van der Waals surface area contributed by atoms with Gasteiger partial charge < -0.3 is 9.80 Å². The third-order valence-corrected chi connectivity index (χ3v) is 4.32. The van der Waals surface area contributed by atoms with Gasteiger partial charge in [0.1, 0.15) is 0 Å². The second-order valence-corrected chi connectivity index (χ2v) is 5.87. The summed E-state index contributed by atoms with van der Waals surface area (Å²) < 4.78 is 0. The number of piperidine rings is 1. The predicted molar refractivity (Wildman–Crippen MR) is 76.5 cm³/mol. The van der Waals surface area contributed by atoms with Crippen LogP contribution >= 0.6 is 0 Å². The van der Waals surface area contributed by atoms with Gasteiger partial charge >= 0.3 is 0 Å². The van der Waals surface area contributed by atoms with Gasteiger partial charge in [-0.1, -0.05) is 27.2 Å². The summed E-state index contributed by atoms with van der Waals surface area (Å²) in [4.78, 5) is 5.23. The normalized spacial score (nSPS) is 21.0. The Morgan fingerprint density at radius 3 is 2.35 bits per heavy atom. The van der Waals surface area contributed by atoms with Crippen molar-refractivity contribution in [3.05, 3.63) is 0 Å². The van der Waals surface area contributed by atoms with Gasteiger partial charge in [-0.3, -0.25) is 0 Å². The smallest absolute Gasteiger partial charge is 0.0120 e. The molecule has 17 heavy (non-hydrogen) atoms. The van der Waals surface area contributed by atoms with Crippen molar-refractivity contribution in [2.75, 3.05) is 33.2 Å². The minimum Gasteiger partial charge on any atom is -0.306 e. The van der Waals surface area contributed by atoms with Crippen LogP contribution in [0, 0.1) is 5.92 Å². The Bertz CT molecular complexity index is 185. The summed E-state index contributed by atoms with van der Waals surface area (Å²) >= 11 is 0. The van der Waals surface area contributed by atoms with Crippen LogP contribution < -0.4 is 0 Å². The lowest BCUT2D eigenvalue weighted by molar-refractivity contribution is 0.115. The van der Waals surface area contributed by atoms with Crippen LogP contribution in [0.5, 0.6) is 0 Å². The van der Waals surface area contributed by atoms with Gasteiger partial charge in [-0.25, -0.2) is 0 Å². The lowest BCUT2D eigenvalue weighted by Gasteiger charge is -2.37. The van der Waals surface area contributed by atoms with Crippen LogP contribution in [0.1, 0.15) is 52.9 Å². The second kappa shape index (κ2) is 8.10. The zero-order valence-electron chi connectivity index (χ0n) is 12.4. The fraction of sp³-hybridized carbons (Fsp3) is 1.00. The molecule has 1 atom stereocenters. The molecule has 0 aromatic carbocycles. The molecular formula is C15H32N2. The van der Waals surface area contributed by atoms with E-state index in [-0.39, 0.29) is 0 Å².